The van der Waals surface area contributed by atoms with Crippen LogP contribution in [0.5, 0.6) is 0 Å². The van der Waals surface area contributed by atoms with Crippen LogP contribution in [0.3, 0.4) is 0 Å². The number of anilines is 1. The van der Waals surface area contributed by atoms with Crippen LogP contribution >= 0.6 is 23.4 Å². The van der Waals surface area contributed by atoms with Crippen molar-refractivity contribution in [3.05, 3.63) is 59.1 Å². The number of nitrogens with zero attached hydrogens (tertiary/aromatic N) is 1. The zero-order valence-corrected chi connectivity index (χ0v) is 14.5. The first-order valence-corrected chi connectivity index (χ1v) is 8.97. The normalized spacial score (nSPS) is 17.0. The van der Waals surface area contributed by atoms with Gasteiger partial charge in [0.05, 0.1) is 17.5 Å². The smallest absolute Gasteiger partial charge is 0.241 e. The van der Waals surface area contributed by atoms with Gasteiger partial charge in [0.2, 0.25) is 5.91 Å². The van der Waals surface area contributed by atoms with E-state index in [4.69, 9.17) is 11.6 Å². The Hall–Kier alpha value is -1.49. The van der Waals surface area contributed by atoms with Crippen molar-refractivity contribution >= 4 is 35.0 Å². The minimum atomic E-state index is 0.110. The van der Waals surface area contributed by atoms with Crippen molar-refractivity contribution in [1.82, 2.24) is 5.32 Å². The number of carbonyl (C=O) groups excluding carboxylic acids is 1. The second kappa shape index (κ2) is 7.39. The maximum absolute atomic E-state index is 12.6. The summed E-state index contributed by atoms with van der Waals surface area (Å²) in [5, 5.41) is 4.07. The number of thioether (sulfide) groups is 1. The lowest BCUT2D eigenvalue weighted by atomic mass is 10.1. The molecule has 1 aliphatic heterocycles. The predicted octanol–water partition coefficient (Wildman–Crippen LogP) is 4.13. The van der Waals surface area contributed by atoms with Gasteiger partial charge in [-0.1, -0.05) is 42.8 Å². The summed E-state index contributed by atoms with van der Waals surface area (Å²) < 4.78 is 0. The van der Waals surface area contributed by atoms with Gasteiger partial charge in [-0.2, -0.15) is 0 Å². The van der Waals surface area contributed by atoms with Gasteiger partial charge < -0.3 is 10.2 Å². The maximum Gasteiger partial charge on any atom is 0.241 e. The molecule has 5 heteroatoms. The van der Waals surface area contributed by atoms with E-state index in [0.717, 1.165) is 22.2 Å². The van der Waals surface area contributed by atoms with E-state index in [-0.39, 0.29) is 11.2 Å². The molecule has 2 aromatic carbocycles. The molecule has 1 aliphatic rings. The van der Waals surface area contributed by atoms with Crippen LogP contribution in [0, 0.1) is 0 Å². The fraction of sp³-hybridized carbons (Fsp3) is 0.278. The molecular formula is C18H19ClN2OS. The average Bonchev–Trinajstić information content (AvgIpc) is 2.59. The fourth-order valence-electron chi connectivity index (χ4n) is 2.65. The van der Waals surface area contributed by atoms with E-state index in [2.05, 4.69) is 11.4 Å². The summed E-state index contributed by atoms with van der Waals surface area (Å²) in [6, 6.07) is 16.0. The van der Waals surface area contributed by atoms with E-state index < -0.39 is 0 Å². The van der Waals surface area contributed by atoms with Gasteiger partial charge in [-0.05, 0) is 36.4 Å². The van der Waals surface area contributed by atoms with E-state index in [1.165, 1.54) is 5.56 Å². The Morgan fingerprint density at radius 1 is 1.26 bits per heavy atom. The highest BCUT2D eigenvalue weighted by molar-refractivity contribution is 7.99. The van der Waals surface area contributed by atoms with Crippen molar-refractivity contribution in [3.63, 3.8) is 0 Å². The zero-order chi connectivity index (χ0) is 16.2. The van der Waals surface area contributed by atoms with Gasteiger partial charge in [0.15, 0.2) is 0 Å². The molecule has 1 atom stereocenters. The summed E-state index contributed by atoms with van der Waals surface area (Å²) in [4.78, 5) is 15.6. The van der Waals surface area contributed by atoms with Gasteiger partial charge in [-0.25, -0.2) is 0 Å². The van der Waals surface area contributed by atoms with Crippen molar-refractivity contribution in [3.8, 4) is 0 Å². The molecule has 2 aromatic rings. The Kier molecular flexibility index (Phi) is 5.26. The third-order valence-corrected chi connectivity index (χ3v) is 5.40. The first kappa shape index (κ1) is 16.4. The van der Waals surface area contributed by atoms with Crippen LogP contribution in [0.15, 0.2) is 53.4 Å². The number of halogens is 1. The molecule has 0 radical (unpaired) electrons. The highest BCUT2D eigenvalue weighted by Crippen LogP contribution is 2.45. The molecule has 0 fully saturated rings. The van der Waals surface area contributed by atoms with Crippen molar-refractivity contribution in [1.29, 1.82) is 0 Å². The lowest BCUT2D eigenvalue weighted by Gasteiger charge is -2.34. The van der Waals surface area contributed by atoms with Gasteiger partial charge in [0, 0.05) is 16.5 Å². The second-order valence-corrected chi connectivity index (χ2v) is 7.09. The van der Waals surface area contributed by atoms with Crippen LogP contribution < -0.4 is 10.2 Å². The first-order valence-electron chi connectivity index (χ1n) is 7.71. The summed E-state index contributed by atoms with van der Waals surface area (Å²) in [6.07, 6.45) is 0. The number of hydrogen-bond donors (Lipinski definition) is 1. The van der Waals surface area contributed by atoms with Crippen LogP contribution in [-0.4, -0.2) is 25.5 Å². The Balaban J connectivity index is 1.89. The van der Waals surface area contributed by atoms with E-state index in [1.54, 1.807) is 11.8 Å². The highest BCUT2D eigenvalue weighted by atomic mass is 35.5. The summed E-state index contributed by atoms with van der Waals surface area (Å²) in [5.74, 6) is 0.110. The molecule has 1 heterocycles. The summed E-state index contributed by atoms with van der Waals surface area (Å²) >= 11 is 7.79. The zero-order valence-electron chi connectivity index (χ0n) is 13.0. The Bertz CT molecular complexity index is 690. The monoisotopic (exact) mass is 346 g/mol. The Labute approximate surface area is 146 Å². The van der Waals surface area contributed by atoms with Gasteiger partial charge in [0.25, 0.3) is 0 Å². The van der Waals surface area contributed by atoms with Gasteiger partial charge in [-0.15, -0.1) is 11.8 Å². The molecular weight excluding hydrogens is 328 g/mol. The topological polar surface area (TPSA) is 32.3 Å². The third kappa shape index (κ3) is 3.71. The number of para-hydroxylation sites is 1. The molecule has 3 nitrogen and oxygen atoms in total. The van der Waals surface area contributed by atoms with Crippen LogP contribution in [0.25, 0.3) is 0 Å². The highest BCUT2D eigenvalue weighted by Gasteiger charge is 2.29. The van der Waals surface area contributed by atoms with Gasteiger partial charge in [-0.3, -0.25) is 4.79 Å². The maximum atomic E-state index is 12.6. The number of fused-ring (bicyclic) bond motifs is 1. The largest absolute Gasteiger partial charge is 0.309 e. The third-order valence-electron chi connectivity index (χ3n) is 3.84. The summed E-state index contributed by atoms with van der Waals surface area (Å²) in [7, 11) is 0. The average molecular weight is 347 g/mol. The lowest BCUT2D eigenvalue weighted by Crippen LogP contribution is -2.42. The fourth-order valence-corrected chi connectivity index (χ4v) is 4.05. The molecule has 0 saturated carbocycles. The molecule has 120 valence electrons. The molecule has 0 unspecified atom stereocenters. The summed E-state index contributed by atoms with van der Waals surface area (Å²) in [5.41, 5.74) is 2.20. The number of rotatable bonds is 4. The number of carbonyl (C=O) groups is 1. The van der Waals surface area contributed by atoms with Crippen LogP contribution in [0.1, 0.15) is 17.7 Å². The summed E-state index contributed by atoms with van der Waals surface area (Å²) in [6.45, 7) is 3.83. The SMILES string of the molecule is CCNCC(=O)N1C[C@@H](c2ccc(Cl)cc2)Sc2ccccc21. The van der Waals surface area contributed by atoms with Crippen molar-refractivity contribution in [2.45, 2.75) is 17.1 Å². The number of nitrogens with one attached hydrogen (secondary N) is 1. The van der Waals surface area contributed by atoms with Crippen molar-refractivity contribution in [2.24, 2.45) is 0 Å². The van der Waals surface area contributed by atoms with E-state index >= 15 is 0 Å². The van der Waals surface area contributed by atoms with E-state index in [9.17, 15) is 4.79 Å². The predicted molar refractivity (Wildman–Crippen MR) is 97.4 cm³/mol. The molecule has 1 N–H and O–H groups in total. The number of amides is 1. The van der Waals surface area contributed by atoms with Gasteiger partial charge >= 0.3 is 0 Å². The number of hydrogen-bond acceptors (Lipinski definition) is 3. The molecule has 23 heavy (non-hydrogen) atoms. The number of benzene rings is 2. The molecule has 1 amide bonds. The van der Waals surface area contributed by atoms with Gasteiger partial charge in [0.1, 0.15) is 0 Å². The lowest BCUT2D eigenvalue weighted by molar-refractivity contribution is -0.117. The Morgan fingerprint density at radius 2 is 2.00 bits per heavy atom. The molecule has 0 aliphatic carbocycles. The van der Waals surface area contributed by atoms with Crippen LogP contribution in [-0.2, 0) is 4.79 Å². The molecule has 0 spiro atoms. The van der Waals surface area contributed by atoms with E-state index in [1.807, 2.05) is 54.3 Å². The minimum absolute atomic E-state index is 0.110. The standard InChI is InChI=1S/C18H19ClN2OS/c1-2-20-11-18(22)21-12-17(13-7-9-14(19)10-8-13)23-16-6-4-3-5-15(16)21/h3-10,17,20H,2,11-12H2,1H3/t17-/m0/s1. The first-order chi connectivity index (χ1) is 11.2. The molecule has 0 bridgehead atoms. The molecule has 3 rings (SSSR count). The quantitative estimate of drug-likeness (QED) is 0.903. The van der Waals surface area contributed by atoms with E-state index in [0.29, 0.717) is 13.1 Å². The van der Waals surface area contributed by atoms with Crippen LogP contribution in [0.2, 0.25) is 5.02 Å². The second-order valence-electron chi connectivity index (χ2n) is 5.41. The van der Waals surface area contributed by atoms with Crippen molar-refractivity contribution < 1.29 is 4.79 Å². The van der Waals surface area contributed by atoms with Crippen LogP contribution in [0.4, 0.5) is 5.69 Å². The van der Waals surface area contributed by atoms with Crippen molar-refractivity contribution in [2.75, 3.05) is 24.5 Å². The minimum Gasteiger partial charge on any atom is -0.309 e. The molecule has 0 saturated heterocycles. The number of likely N-dealkylation sites (N-methyl/N-ethyl adjacent to an activating group) is 1. The Morgan fingerprint density at radius 3 is 2.74 bits per heavy atom. The molecule has 0 aromatic heterocycles.